The van der Waals surface area contributed by atoms with Crippen molar-refractivity contribution in [3.05, 3.63) is 42.2 Å². The average molecular weight is 273 g/mol. The van der Waals surface area contributed by atoms with Crippen LogP contribution < -0.4 is 10.6 Å². The van der Waals surface area contributed by atoms with Gasteiger partial charge < -0.3 is 5.32 Å². The number of aromatic amines is 1. The summed E-state index contributed by atoms with van der Waals surface area (Å²) < 4.78 is 0. The quantitative estimate of drug-likeness (QED) is 0.757. The van der Waals surface area contributed by atoms with E-state index in [1.54, 1.807) is 0 Å². The zero-order valence-corrected chi connectivity index (χ0v) is 11.0. The van der Waals surface area contributed by atoms with Crippen molar-refractivity contribution in [2.75, 3.05) is 5.32 Å². The smallest absolute Gasteiger partial charge is 0.229 e. The molecule has 0 aliphatic rings. The molecule has 3 N–H and O–H groups in total. The minimum absolute atomic E-state index is 0.115. The van der Waals surface area contributed by atoms with E-state index < -0.39 is 0 Å². The maximum Gasteiger partial charge on any atom is 0.229 e. The number of anilines is 1. The molecule has 1 aromatic carbocycles. The molecule has 1 heterocycles. The summed E-state index contributed by atoms with van der Waals surface area (Å²) in [6.07, 6.45) is 1.42. The van der Waals surface area contributed by atoms with Crippen molar-refractivity contribution in [1.29, 1.82) is 0 Å². The summed E-state index contributed by atoms with van der Waals surface area (Å²) in [7, 11) is 0. The lowest BCUT2D eigenvalue weighted by Crippen LogP contribution is -2.29. The second-order valence-corrected chi connectivity index (χ2v) is 4.25. The second kappa shape index (κ2) is 6.46. The first-order valence-corrected chi connectivity index (χ1v) is 6.12. The van der Waals surface area contributed by atoms with Crippen LogP contribution in [-0.2, 0) is 9.59 Å². The van der Waals surface area contributed by atoms with Gasteiger partial charge in [-0.2, -0.15) is 10.1 Å². The molecule has 0 fully saturated rings. The Hall–Kier alpha value is -2.70. The van der Waals surface area contributed by atoms with Gasteiger partial charge in [0.25, 0.3) is 0 Å². The number of carbonyl (C=O) groups excluding carboxylic acids is 2. The third-order valence-corrected chi connectivity index (χ3v) is 2.64. The Kier molecular flexibility index (Phi) is 4.43. The molecule has 1 atom stereocenters. The first-order chi connectivity index (χ1) is 9.65. The zero-order chi connectivity index (χ0) is 14.4. The fourth-order valence-corrected chi connectivity index (χ4v) is 1.82. The summed E-state index contributed by atoms with van der Waals surface area (Å²) in [5, 5.41) is 11.5. The number of hydrogen-bond donors (Lipinski definition) is 3. The summed E-state index contributed by atoms with van der Waals surface area (Å²) in [6.45, 7) is 1.42. The van der Waals surface area contributed by atoms with E-state index in [1.165, 1.54) is 13.3 Å². The maximum absolute atomic E-state index is 11.9. The molecule has 0 aliphatic carbocycles. The maximum atomic E-state index is 11.9. The third-order valence-electron chi connectivity index (χ3n) is 2.64. The molecule has 0 spiro atoms. The lowest BCUT2D eigenvalue weighted by Gasteiger charge is -2.17. The molecule has 2 rings (SSSR count). The molecule has 0 radical (unpaired) electrons. The van der Waals surface area contributed by atoms with E-state index in [9.17, 15) is 9.59 Å². The van der Waals surface area contributed by atoms with E-state index in [2.05, 4.69) is 25.8 Å². The second-order valence-electron chi connectivity index (χ2n) is 4.25. The van der Waals surface area contributed by atoms with Crippen molar-refractivity contribution in [1.82, 2.24) is 20.5 Å². The van der Waals surface area contributed by atoms with Gasteiger partial charge in [-0.15, -0.1) is 0 Å². The Labute approximate surface area is 115 Å². The lowest BCUT2D eigenvalue weighted by atomic mass is 10.0. The molecular weight excluding hydrogens is 258 g/mol. The molecule has 2 aromatic rings. The standard InChI is InChI=1S/C13H15N5O2/c1-9(19)16-11(10-5-3-2-4-6-10)7-12(20)17-13-14-8-15-18-13/h2-6,8,11H,7H2,1H3,(H,16,19)(H2,14,15,17,18,20)/t11-/m1/s1. The number of hydrogen-bond acceptors (Lipinski definition) is 4. The highest BCUT2D eigenvalue weighted by Crippen LogP contribution is 2.17. The van der Waals surface area contributed by atoms with Crippen molar-refractivity contribution in [2.24, 2.45) is 0 Å². The summed E-state index contributed by atoms with van der Waals surface area (Å²) in [5.74, 6) is -0.166. The molecule has 0 saturated carbocycles. The average Bonchev–Trinajstić information content (AvgIpc) is 2.91. The minimum Gasteiger partial charge on any atom is -0.349 e. The molecule has 1 aromatic heterocycles. The van der Waals surface area contributed by atoms with E-state index in [4.69, 9.17) is 0 Å². The van der Waals surface area contributed by atoms with Crippen molar-refractivity contribution in [3.63, 3.8) is 0 Å². The number of nitrogens with one attached hydrogen (secondary N) is 3. The highest BCUT2D eigenvalue weighted by molar-refractivity contribution is 5.89. The van der Waals surface area contributed by atoms with E-state index >= 15 is 0 Å². The van der Waals surface area contributed by atoms with Crippen LogP contribution in [0.25, 0.3) is 0 Å². The third kappa shape index (κ3) is 3.91. The van der Waals surface area contributed by atoms with Crippen molar-refractivity contribution < 1.29 is 9.59 Å². The van der Waals surface area contributed by atoms with Crippen molar-refractivity contribution in [3.8, 4) is 0 Å². The van der Waals surface area contributed by atoms with Crippen LogP contribution >= 0.6 is 0 Å². The van der Waals surface area contributed by atoms with E-state index in [0.717, 1.165) is 5.56 Å². The Morgan fingerprint density at radius 3 is 2.65 bits per heavy atom. The van der Waals surface area contributed by atoms with Gasteiger partial charge in [0, 0.05) is 6.92 Å². The van der Waals surface area contributed by atoms with Crippen LogP contribution in [0.3, 0.4) is 0 Å². The fraction of sp³-hybridized carbons (Fsp3) is 0.231. The van der Waals surface area contributed by atoms with Gasteiger partial charge in [-0.25, -0.2) is 5.10 Å². The normalized spacial score (nSPS) is 11.7. The predicted molar refractivity (Wildman–Crippen MR) is 72.6 cm³/mol. The van der Waals surface area contributed by atoms with E-state index in [-0.39, 0.29) is 30.2 Å². The summed E-state index contributed by atoms with van der Waals surface area (Å²) in [4.78, 5) is 27.0. The van der Waals surface area contributed by atoms with Gasteiger partial charge >= 0.3 is 0 Å². The van der Waals surface area contributed by atoms with Gasteiger partial charge in [-0.05, 0) is 5.56 Å². The zero-order valence-electron chi connectivity index (χ0n) is 11.0. The van der Waals surface area contributed by atoms with E-state index in [1.807, 2.05) is 30.3 Å². The predicted octanol–water partition coefficient (Wildman–Crippen LogP) is 1.01. The minimum atomic E-state index is -0.378. The molecule has 104 valence electrons. The molecular formula is C13H15N5O2. The number of carbonyl (C=O) groups is 2. The van der Waals surface area contributed by atoms with Gasteiger partial charge in [-0.1, -0.05) is 30.3 Å². The molecule has 0 saturated heterocycles. The summed E-state index contributed by atoms with van der Waals surface area (Å²) >= 11 is 0. The highest BCUT2D eigenvalue weighted by atomic mass is 16.2. The molecule has 0 bridgehead atoms. The first kappa shape index (κ1) is 13.7. The van der Waals surface area contributed by atoms with Crippen LogP contribution in [-0.4, -0.2) is 27.0 Å². The van der Waals surface area contributed by atoms with Crippen LogP contribution in [0.5, 0.6) is 0 Å². The van der Waals surface area contributed by atoms with Crippen LogP contribution in [0.4, 0.5) is 5.95 Å². The Morgan fingerprint density at radius 1 is 1.30 bits per heavy atom. The summed E-state index contributed by atoms with van der Waals surface area (Å²) in [5.41, 5.74) is 0.871. The largest absolute Gasteiger partial charge is 0.349 e. The number of amides is 2. The van der Waals surface area contributed by atoms with Crippen LogP contribution in [0.15, 0.2) is 36.7 Å². The number of aromatic nitrogens is 3. The van der Waals surface area contributed by atoms with Gasteiger partial charge in [0.1, 0.15) is 6.33 Å². The van der Waals surface area contributed by atoms with Crippen LogP contribution in [0, 0.1) is 0 Å². The number of benzene rings is 1. The molecule has 7 heteroatoms. The molecule has 20 heavy (non-hydrogen) atoms. The van der Waals surface area contributed by atoms with Gasteiger partial charge in [0.15, 0.2) is 0 Å². The van der Waals surface area contributed by atoms with Crippen molar-refractivity contribution >= 4 is 17.8 Å². The lowest BCUT2D eigenvalue weighted by molar-refractivity contribution is -0.120. The summed E-state index contributed by atoms with van der Waals surface area (Å²) in [6, 6.07) is 8.95. The Morgan fingerprint density at radius 2 is 2.05 bits per heavy atom. The Balaban J connectivity index is 2.04. The number of rotatable bonds is 5. The monoisotopic (exact) mass is 273 g/mol. The van der Waals surface area contributed by atoms with Crippen LogP contribution in [0.1, 0.15) is 24.9 Å². The topological polar surface area (TPSA) is 99.8 Å². The van der Waals surface area contributed by atoms with Gasteiger partial charge in [0.2, 0.25) is 17.8 Å². The van der Waals surface area contributed by atoms with E-state index in [0.29, 0.717) is 0 Å². The number of H-pyrrole nitrogens is 1. The highest BCUT2D eigenvalue weighted by Gasteiger charge is 2.17. The number of nitrogens with zero attached hydrogens (tertiary/aromatic N) is 2. The van der Waals surface area contributed by atoms with Gasteiger partial charge in [0.05, 0.1) is 12.5 Å². The van der Waals surface area contributed by atoms with Crippen molar-refractivity contribution in [2.45, 2.75) is 19.4 Å². The molecule has 0 aliphatic heterocycles. The molecule has 7 nitrogen and oxygen atoms in total. The van der Waals surface area contributed by atoms with Crippen LogP contribution in [0.2, 0.25) is 0 Å². The fourth-order valence-electron chi connectivity index (χ4n) is 1.82. The molecule has 2 amide bonds. The van der Waals surface area contributed by atoms with Gasteiger partial charge in [-0.3, -0.25) is 14.9 Å². The SMILES string of the molecule is CC(=O)N[C@H](CC(=O)Nc1ncn[nH]1)c1ccccc1. The Bertz CT molecular complexity index is 568. The molecule has 0 unspecified atom stereocenters. The first-order valence-electron chi connectivity index (χ1n) is 6.12.